The SMILES string of the molecule is CC(=O)c1ccc(NC(=O)COC(=O)c2cc3c(cc2[N+](=O)[O-])OCCO3)cc1. The summed E-state index contributed by atoms with van der Waals surface area (Å²) in [6.07, 6.45) is 0. The van der Waals surface area contributed by atoms with Gasteiger partial charge in [-0.05, 0) is 31.2 Å². The van der Waals surface area contributed by atoms with Gasteiger partial charge in [0.2, 0.25) is 0 Å². The molecule has 0 unspecified atom stereocenters. The van der Waals surface area contributed by atoms with E-state index in [-0.39, 0.29) is 36.1 Å². The molecule has 10 heteroatoms. The topological polar surface area (TPSA) is 134 Å². The molecule has 29 heavy (non-hydrogen) atoms. The number of esters is 1. The molecule has 0 aromatic heterocycles. The van der Waals surface area contributed by atoms with Crippen LogP contribution in [0.25, 0.3) is 0 Å². The van der Waals surface area contributed by atoms with Crippen molar-refractivity contribution in [3.05, 3.63) is 57.6 Å². The minimum absolute atomic E-state index is 0.113. The quantitative estimate of drug-likeness (QED) is 0.338. The molecule has 0 aliphatic carbocycles. The number of hydrogen-bond donors (Lipinski definition) is 1. The van der Waals surface area contributed by atoms with Gasteiger partial charge in [0, 0.05) is 17.3 Å². The number of fused-ring (bicyclic) bond motifs is 1. The molecule has 0 saturated carbocycles. The highest BCUT2D eigenvalue weighted by Gasteiger charge is 2.27. The number of nitro groups is 1. The van der Waals surface area contributed by atoms with Gasteiger partial charge < -0.3 is 19.5 Å². The number of hydrogen-bond acceptors (Lipinski definition) is 8. The Morgan fingerprint density at radius 2 is 1.72 bits per heavy atom. The summed E-state index contributed by atoms with van der Waals surface area (Å²) in [5.41, 5.74) is 0.0269. The molecule has 0 atom stereocenters. The number of ketones is 1. The minimum atomic E-state index is -1.05. The monoisotopic (exact) mass is 400 g/mol. The van der Waals surface area contributed by atoms with Crippen LogP contribution in [0, 0.1) is 10.1 Å². The van der Waals surface area contributed by atoms with Gasteiger partial charge in [0.05, 0.1) is 11.0 Å². The number of benzene rings is 2. The highest BCUT2D eigenvalue weighted by Crippen LogP contribution is 2.36. The van der Waals surface area contributed by atoms with Crippen LogP contribution in [0.4, 0.5) is 11.4 Å². The maximum absolute atomic E-state index is 12.3. The van der Waals surface area contributed by atoms with Crippen LogP contribution in [0.3, 0.4) is 0 Å². The van der Waals surface area contributed by atoms with E-state index in [2.05, 4.69) is 5.32 Å². The predicted octanol–water partition coefficient (Wildman–Crippen LogP) is 2.36. The Balaban J connectivity index is 1.66. The smallest absolute Gasteiger partial charge is 0.345 e. The van der Waals surface area contributed by atoms with Crippen molar-refractivity contribution in [1.29, 1.82) is 0 Å². The van der Waals surface area contributed by atoms with Crippen LogP contribution in [0.15, 0.2) is 36.4 Å². The van der Waals surface area contributed by atoms with Gasteiger partial charge in [-0.2, -0.15) is 0 Å². The standard InChI is InChI=1S/C19H16N2O8/c1-11(22)12-2-4-13(5-3-12)20-18(23)10-29-19(24)14-8-16-17(28-7-6-27-16)9-15(14)21(25)26/h2-5,8-9H,6-7,10H2,1H3,(H,20,23). The van der Waals surface area contributed by atoms with Crippen LogP contribution in [0.2, 0.25) is 0 Å². The molecular weight excluding hydrogens is 384 g/mol. The number of ether oxygens (including phenoxy) is 3. The molecule has 1 amide bonds. The lowest BCUT2D eigenvalue weighted by molar-refractivity contribution is -0.385. The summed E-state index contributed by atoms with van der Waals surface area (Å²) < 4.78 is 15.5. The second-order valence-corrected chi connectivity index (χ2v) is 6.03. The molecule has 1 N–H and O–H groups in total. The van der Waals surface area contributed by atoms with Crippen LogP contribution in [-0.4, -0.2) is 42.4 Å². The van der Waals surface area contributed by atoms with Gasteiger partial charge in [0.1, 0.15) is 18.8 Å². The summed E-state index contributed by atoms with van der Waals surface area (Å²) >= 11 is 0. The third-order valence-corrected chi connectivity index (χ3v) is 3.99. The van der Waals surface area contributed by atoms with Gasteiger partial charge in [-0.1, -0.05) is 0 Å². The molecule has 0 spiro atoms. The Labute approximate surface area is 164 Å². The lowest BCUT2D eigenvalue weighted by atomic mass is 10.1. The molecule has 0 radical (unpaired) electrons. The Hall–Kier alpha value is -3.95. The van der Waals surface area contributed by atoms with E-state index in [1.165, 1.54) is 19.1 Å². The molecule has 150 valence electrons. The lowest BCUT2D eigenvalue weighted by Crippen LogP contribution is -2.22. The van der Waals surface area contributed by atoms with E-state index in [0.29, 0.717) is 11.3 Å². The largest absolute Gasteiger partial charge is 0.486 e. The number of nitro benzene ring substituents is 1. The van der Waals surface area contributed by atoms with Gasteiger partial charge in [-0.15, -0.1) is 0 Å². The summed E-state index contributed by atoms with van der Waals surface area (Å²) in [5, 5.41) is 13.8. The molecule has 0 fully saturated rings. The number of carbonyl (C=O) groups is 3. The highest BCUT2D eigenvalue weighted by atomic mass is 16.6. The van der Waals surface area contributed by atoms with Gasteiger partial charge >= 0.3 is 5.97 Å². The molecule has 0 saturated heterocycles. The third kappa shape index (κ3) is 4.67. The maximum atomic E-state index is 12.3. The van der Waals surface area contributed by atoms with Crippen molar-refractivity contribution in [2.45, 2.75) is 6.92 Å². The van der Waals surface area contributed by atoms with E-state index in [1.54, 1.807) is 12.1 Å². The average Bonchev–Trinajstić information content (AvgIpc) is 2.71. The highest BCUT2D eigenvalue weighted by molar-refractivity contribution is 5.98. The number of nitrogens with zero attached hydrogens (tertiary/aromatic N) is 1. The first kappa shape index (κ1) is 19.8. The first-order valence-corrected chi connectivity index (χ1v) is 8.51. The molecule has 2 aromatic carbocycles. The Bertz CT molecular complexity index is 984. The number of anilines is 1. The second-order valence-electron chi connectivity index (χ2n) is 6.03. The van der Waals surface area contributed by atoms with Gasteiger partial charge in [0.15, 0.2) is 23.9 Å². The molecule has 0 bridgehead atoms. The van der Waals surface area contributed by atoms with Crippen LogP contribution in [0.5, 0.6) is 11.5 Å². The number of amides is 1. The van der Waals surface area contributed by atoms with Crippen LogP contribution >= 0.6 is 0 Å². The van der Waals surface area contributed by atoms with Gasteiger partial charge in [-0.25, -0.2) is 4.79 Å². The van der Waals surface area contributed by atoms with E-state index < -0.39 is 29.1 Å². The predicted molar refractivity (Wildman–Crippen MR) is 99.4 cm³/mol. The fraction of sp³-hybridized carbons (Fsp3) is 0.211. The maximum Gasteiger partial charge on any atom is 0.345 e. The van der Waals surface area contributed by atoms with Crippen LogP contribution < -0.4 is 14.8 Å². The molecule has 1 aliphatic heterocycles. The first-order valence-electron chi connectivity index (χ1n) is 8.51. The van der Waals surface area contributed by atoms with Gasteiger partial charge in [0.25, 0.3) is 11.6 Å². The summed E-state index contributed by atoms with van der Waals surface area (Å²) in [6.45, 7) is 1.24. The molecule has 2 aromatic rings. The lowest BCUT2D eigenvalue weighted by Gasteiger charge is -2.18. The fourth-order valence-electron chi connectivity index (χ4n) is 2.59. The zero-order valence-electron chi connectivity index (χ0n) is 15.3. The number of rotatable bonds is 6. The van der Waals surface area contributed by atoms with E-state index in [0.717, 1.165) is 12.1 Å². The third-order valence-electron chi connectivity index (χ3n) is 3.99. The Morgan fingerprint density at radius 1 is 1.10 bits per heavy atom. The number of nitrogens with one attached hydrogen (secondary N) is 1. The van der Waals surface area contributed by atoms with E-state index in [9.17, 15) is 24.5 Å². The van der Waals surface area contributed by atoms with Crippen molar-refractivity contribution in [3.63, 3.8) is 0 Å². The summed E-state index contributed by atoms with van der Waals surface area (Å²) in [5.74, 6) is -1.46. The van der Waals surface area contributed by atoms with E-state index >= 15 is 0 Å². The van der Waals surface area contributed by atoms with Crippen molar-refractivity contribution in [2.24, 2.45) is 0 Å². The summed E-state index contributed by atoms with van der Waals surface area (Å²) in [6, 6.07) is 8.39. The summed E-state index contributed by atoms with van der Waals surface area (Å²) in [4.78, 5) is 46.0. The van der Waals surface area contributed by atoms with Crippen molar-refractivity contribution < 1.29 is 33.5 Å². The molecule has 1 heterocycles. The normalized spacial score (nSPS) is 12.0. The Kier molecular flexibility index (Phi) is 5.72. The van der Waals surface area contributed by atoms with Crippen molar-refractivity contribution >= 4 is 29.0 Å². The Morgan fingerprint density at radius 3 is 2.31 bits per heavy atom. The average molecular weight is 400 g/mol. The number of carbonyl (C=O) groups excluding carboxylic acids is 3. The van der Waals surface area contributed by atoms with E-state index in [4.69, 9.17) is 14.2 Å². The molecule has 10 nitrogen and oxygen atoms in total. The van der Waals surface area contributed by atoms with Crippen molar-refractivity contribution in [2.75, 3.05) is 25.1 Å². The van der Waals surface area contributed by atoms with Crippen molar-refractivity contribution in [1.82, 2.24) is 0 Å². The fourth-order valence-corrected chi connectivity index (χ4v) is 2.59. The number of Topliss-reactive ketones (excluding diaryl/α,β-unsaturated/α-hetero) is 1. The van der Waals surface area contributed by atoms with Crippen molar-refractivity contribution in [3.8, 4) is 11.5 Å². The zero-order valence-corrected chi connectivity index (χ0v) is 15.3. The zero-order chi connectivity index (χ0) is 21.0. The molecule has 3 rings (SSSR count). The van der Waals surface area contributed by atoms with Gasteiger partial charge in [-0.3, -0.25) is 19.7 Å². The van der Waals surface area contributed by atoms with E-state index in [1.807, 2.05) is 0 Å². The molecule has 1 aliphatic rings. The van der Waals surface area contributed by atoms with Crippen LogP contribution in [0.1, 0.15) is 27.6 Å². The summed E-state index contributed by atoms with van der Waals surface area (Å²) in [7, 11) is 0. The minimum Gasteiger partial charge on any atom is -0.486 e. The second kappa shape index (κ2) is 8.38. The van der Waals surface area contributed by atoms with Crippen LogP contribution in [-0.2, 0) is 9.53 Å². The molecular formula is C19H16N2O8. The first-order chi connectivity index (χ1) is 13.8.